The largest absolute Gasteiger partial charge is 0.285 e. The van der Waals surface area contributed by atoms with Crippen LogP contribution in [0.25, 0.3) is 0 Å². The van der Waals surface area contributed by atoms with Gasteiger partial charge in [0.2, 0.25) is 0 Å². The summed E-state index contributed by atoms with van der Waals surface area (Å²) in [7, 11) is 0. The van der Waals surface area contributed by atoms with Gasteiger partial charge in [0, 0.05) is 0 Å². The van der Waals surface area contributed by atoms with Gasteiger partial charge in [0.1, 0.15) is 6.10 Å². The van der Waals surface area contributed by atoms with Gasteiger partial charge in [0.05, 0.1) is 11.1 Å². The van der Waals surface area contributed by atoms with Crippen molar-refractivity contribution in [2.24, 2.45) is 0 Å². The van der Waals surface area contributed by atoms with E-state index in [-0.39, 0.29) is 0 Å². The first-order valence-electron chi connectivity index (χ1n) is 7.03. The maximum Gasteiger partial charge on any atom is 0.285 e. The van der Waals surface area contributed by atoms with E-state index in [2.05, 4.69) is 6.58 Å². The van der Waals surface area contributed by atoms with Gasteiger partial charge in [-0.25, -0.2) is 0 Å². The summed E-state index contributed by atoms with van der Waals surface area (Å²) in [6, 6.07) is 16.2. The Hall–Kier alpha value is -2.72. The highest BCUT2D eigenvalue weighted by molar-refractivity contribution is 6.20. The molecule has 1 aliphatic rings. The zero-order valence-electron chi connectivity index (χ0n) is 11.9. The van der Waals surface area contributed by atoms with Crippen molar-refractivity contribution < 1.29 is 14.4 Å². The highest BCUT2D eigenvalue weighted by Gasteiger charge is 2.38. The van der Waals surface area contributed by atoms with Crippen LogP contribution in [0.5, 0.6) is 0 Å². The number of nitrogens with zero attached hydrogens (tertiary/aromatic N) is 1. The van der Waals surface area contributed by atoms with E-state index in [0.29, 0.717) is 17.5 Å². The Morgan fingerprint density at radius 1 is 0.955 bits per heavy atom. The standard InChI is InChI=1S/C18H15NO3/c1-2-8-16(13-9-4-3-5-10-13)22-19-17(20)14-11-6-7-12-15(14)18(19)21/h2-7,9-12,16H,1,8H2. The number of amides is 2. The lowest BCUT2D eigenvalue weighted by Gasteiger charge is -2.21. The summed E-state index contributed by atoms with van der Waals surface area (Å²) < 4.78 is 0. The number of hydrogen-bond acceptors (Lipinski definition) is 3. The monoisotopic (exact) mass is 293 g/mol. The molecule has 1 unspecified atom stereocenters. The van der Waals surface area contributed by atoms with Gasteiger partial charge in [-0.3, -0.25) is 14.4 Å². The zero-order chi connectivity index (χ0) is 15.5. The molecule has 0 spiro atoms. The molecule has 0 saturated heterocycles. The summed E-state index contributed by atoms with van der Waals surface area (Å²) in [6.07, 6.45) is 1.77. The van der Waals surface area contributed by atoms with Crippen molar-refractivity contribution in [3.05, 3.63) is 83.9 Å². The number of hydrogen-bond donors (Lipinski definition) is 0. The van der Waals surface area contributed by atoms with Crippen LogP contribution >= 0.6 is 0 Å². The summed E-state index contributed by atoms with van der Waals surface area (Å²) in [5.41, 5.74) is 1.63. The third-order valence-corrected chi connectivity index (χ3v) is 3.54. The topological polar surface area (TPSA) is 46.6 Å². The van der Waals surface area contributed by atoms with E-state index >= 15 is 0 Å². The van der Waals surface area contributed by atoms with Crippen molar-refractivity contribution in [3.8, 4) is 0 Å². The number of fused-ring (bicyclic) bond motifs is 1. The van der Waals surface area contributed by atoms with Crippen LogP contribution < -0.4 is 0 Å². The van der Waals surface area contributed by atoms with Crippen molar-refractivity contribution in [3.63, 3.8) is 0 Å². The zero-order valence-corrected chi connectivity index (χ0v) is 11.9. The molecule has 2 amide bonds. The van der Waals surface area contributed by atoms with Crippen molar-refractivity contribution in [2.75, 3.05) is 0 Å². The van der Waals surface area contributed by atoms with Gasteiger partial charge in [0.15, 0.2) is 0 Å². The van der Waals surface area contributed by atoms with E-state index in [1.165, 1.54) is 0 Å². The summed E-state index contributed by atoms with van der Waals surface area (Å²) in [5.74, 6) is -0.851. The maximum absolute atomic E-state index is 12.3. The molecule has 1 atom stereocenters. The van der Waals surface area contributed by atoms with E-state index in [4.69, 9.17) is 4.84 Å². The Balaban J connectivity index is 1.87. The summed E-state index contributed by atoms with van der Waals surface area (Å²) in [4.78, 5) is 30.4. The van der Waals surface area contributed by atoms with Crippen molar-refractivity contribution in [1.29, 1.82) is 0 Å². The lowest BCUT2D eigenvalue weighted by atomic mass is 10.1. The van der Waals surface area contributed by atoms with Crippen LogP contribution in [-0.4, -0.2) is 16.9 Å². The van der Waals surface area contributed by atoms with Crippen LogP contribution in [0.3, 0.4) is 0 Å². The quantitative estimate of drug-likeness (QED) is 0.626. The van der Waals surface area contributed by atoms with E-state index in [1.807, 2.05) is 30.3 Å². The van der Waals surface area contributed by atoms with E-state index < -0.39 is 17.9 Å². The van der Waals surface area contributed by atoms with E-state index in [1.54, 1.807) is 30.3 Å². The SMILES string of the molecule is C=CCC(ON1C(=O)c2ccccc2C1=O)c1ccccc1. The molecule has 4 nitrogen and oxygen atoms in total. The fourth-order valence-electron chi connectivity index (χ4n) is 2.45. The van der Waals surface area contributed by atoms with Gasteiger partial charge in [-0.05, 0) is 24.1 Å². The second-order valence-corrected chi connectivity index (χ2v) is 4.98. The van der Waals surface area contributed by atoms with Gasteiger partial charge in [-0.2, -0.15) is 0 Å². The third kappa shape index (κ3) is 2.44. The minimum atomic E-state index is -0.430. The Labute approximate surface area is 128 Å². The first kappa shape index (κ1) is 14.2. The van der Waals surface area contributed by atoms with Crippen LogP contribution in [-0.2, 0) is 4.84 Å². The van der Waals surface area contributed by atoms with Crippen LogP contribution in [0.2, 0.25) is 0 Å². The molecule has 0 fully saturated rings. The molecule has 22 heavy (non-hydrogen) atoms. The molecule has 3 rings (SSSR count). The van der Waals surface area contributed by atoms with Crippen molar-refractivity contribution in [2.45, 2.75) is 12.5 Å². The number of carbonyl (C=O) groups is 2. The van der Waals surface area contributed by atoms with E-state index in [0.717, 1.165) is 10.6 Å². The lowest BCUT2D eigenvalue weighted by molar-refractivity contribution is -0.133. The fourth-order valence-corrected chi connectivity index (χ4v) is 2.45. The maximum atomic E-state index is 12.3. The number of imide groups is 1. The molecular formula is C18H15NO3. The molecule has 0 aromatic heterocycles. The smallest absolute Gasteiger partial charge is 0.266 e. The summed E-state index contributed by atoms with van der Waals surface area (Å²) in [5, 5.41) is 0.853. The second kappa shape index (κ2) is 5.95. The van der Waals surface area contributed by atoms with Crippen molar-refractivity contribution >= 4 is 11.8 Å². The minimum absolute atomic E-state index is 0.373. The van der Waals surface area contributed by atoms with Crippen LogP contribution in [0.15, 0.2) is 67.3 Å². The first-order chi connectivity index (χ1) is 10.7. The average Bonchev–Trinajstić information content (AvgIpc) is 2.80. The molecule has 2 aromatic rings. The molecule has 4 heteroatoms. The highest BCUT2D eigenvalue weighted by Crippen LogP contribution is 2.29. The van der Waals surface area contributed by atoms with Crippen LogP contribution in [0, 0.1) is 0 Å². The van der Waals surface area contributed by atoms with Crippen molar-refractivity contribution in [1.82, 2.24) is 5.06 Å². The Morgan fingerprint density at radius 3 is 2.05 bits per heavy atom. The average molecular weight is 293 g/mol. The van der Waals surface area contributed by atoms with Gasteiger partial charge in [-0.1, -0.05) is 48.5 Å². The van der Waals surface area contributed by atoms with E-state index in [9.17, 15) is 9.59 Å². The fraction of sp³-hybridized carbons (Fsp3) is 0.111. The van der Waals surface area contributed by atoms with Gasteiger partial charge in [-0.15, -0.1) is 11.6 Å². The number of hydroxylamine groups is 2. The van der Waals surface area contributed by atoms with Crippen LogP contribution in [0.1, 0.15) is 38.8 Å². The predicted octanol–water partition coefficient (Wildman–Crippen LogP) is 3.53. The molecule has 0 aliphatic carbocycles. The Bertz CT molecular complexity index is 689. The molecule has 1 heterocycles. The van der Waals surface area contributed by atoms with Gasteiger partial charge >= 0.3 is 0 Å². The molecule has 0 bridgehead atoms. The first-order valence-corrected chi connectivity index (χ1v) is 7.03. The van der Waals surface area contributed by atoms with Crippen LogP contribution in [0.4, 0.5) is 0 Å². The Morgan fingerprint density at radius 2 is 1.50 bits per heavy atom. The third-order valence-electron chi connectivity index (χ3n) is 3.54. The number of carbonyl (C=O) groups excluding carboxylic acids is 2. The lowest BCUT2D eigenvalue weighted by Crippen LogP contribution is -2.31. The number of rotatable bonds is 5. The summed E-state index contributed by atoms with van der Waals surface area (Å²) in [6.45, 7) is 3.71. The number of benzene rings is 2. The molecule has 110 valence electrons. The molecule has 2 aromatic carbocycles. The molecular weight excluding hydrogens is 278 g/mol. The van der Waals surface area contributed by atoms with Gasteiger partial charge in [0.25, 0.3) is 11.8 Å². The molecule has 0 saturated carbocycles. The molecule has 0 radical (unpaired) electrons. The Kier molecular flexibility index (Phi) is 3.85. The second-order valence-electron chi connectivity index (χ2n) is 4.98. The minimum Gasteiger partial charge on any atom is -0.266 e. The summed E-state index contributed by atoms with van der Waals surface area (Å²) >= 11 is 0. The van der Waals surface area contributed by atoms with Gasteiger partial charge < -0.3 is 0 Å². The predicted molar refractivity (Wildman–Crippen MR) is 82.0 cm³/mol. The highest BCUT2D eigenvalue weighted by atomic mass is 16.7. The normalized spacial score (nSPS) is 14.8. The molecule has 1 aliphatic heterocycles. The molecule has 0 N–H and O–H groups in total.